The topological polar surface area (TPSA) is 70.6 Å². The second kappa shape index (κ2) is 10.1. The highest BCUT2D eigenvalue weighted by Gasteiger charge is 2.42. The van der Waals surface area contributed by atoms with E-state index in [2.05, 4.69) is 38.3 Å². The van der Waals surface area contributed by atoms with Crippen LogP contribution in [0.2, 0.25) is 0 Å². The molecule has 5 rings (SSSR count). The number of methoxy groups -OCH3 is 1. The number of nitrogens with one attached hydrogen (secondary N) is 1. The number of amides is 1. The second-order valence-electron chi connectivity index (χ2n) is 9.64. The molecule has 0 spiro atoms. The molecule has 176 valence electrons. The molecular weight excluding hydrogens is 414 g/mol. The van der Waals surface area contributed by atoms with E-state index in [1.54, 1.807) is 7.11 Å². The van der Waals surface area contributed by atoms with E-state index in [0.717, 1.165) is 69.1 Å². The maximum Gasteiger partial charge on any atom is 0.225 e. The quantitative estimate of drug-likeness (QED) is 0.730. The van der Waals surface area contributed by atoms with Gasteiger partial charge in [0.1, 0.15) is 5.75 Å². The summed E-state index contributed by atoms with van der Waals surface area (Å²) in [5.74, 6) is 1.94. The lowest BCUT2D eigenvalue weighted by atomic mass is 9.97. The molecule has 1 aromatic heterocycles. The van der Waals surface area contributed by atoms with Gasteiger partial charge in [-0.1, -0.05) is 18.6 Å². The lowest BCUT2D eigenvalue weighted by Gasteiger charge is -2.33. The largest absolute Gasteiger partial charge is 0.497 e. The van der Waals surface area contributed by atoms with Gasteiger partial charge in [-0.2, -0.15) is 0 Å². The van der Waals surface area contributed by atoms with Crippen molar-refractivity contribution in [1.29, 1.82) is 0 Å². The third kappa shape index (κ3) is 5.13. The molecule has 1 aromatic carbocycles. The van der Waals surface area contributed by atoms with Crippen LogP contribution in [0, 0.1) is 0 Å². The maximum absolute atomic E-state index is 12.4. The number of hydrogen-bond donors (Lipinski definition) is 1. The number of nitrogens with zero attached hydrogens (tertiary/aromatic N) is 4. The Morgan fingerprint density at radius 1 is 1.09 bits per heavy atom. The van der Waals surface area contributed by atoms with Crippen molar-refractivity contribution in [1.82, 2.24) is 20.2 Å². The molecule has 3 aliphatic heterocycles. The average molecular weight is 450 g/mol. The van der Waals surface area contributed by atoms with Gasteiger partial charge in [-0.25, -0.2) is 9.97 Å². The Balaban J connectivity index is 1.38. The van der Waals surface area contributed by atoms with E-state index < -0.39 is 0 Å². The normalized spacial score (nSPS) is 25.9. The van der Waals surface area contributed by atoms with Crippen LogP contribution in [-0.2, 0) is 17.8 Å². The molecule has 0 saturated carbocycles. The van der Waals surface area contributed by atoms with E-state index in [1.165, 1.54) is 18.4 Å². The second-order valence-corrected chi connectivity index (χ2v) is 9.64. The van der Waals surface area contributed by atoms with Crippen molar-refractivity contribution in [3.63, 3.8) is 0 Å². The summed E-state index contributed by atoms with van der Waals surface area (Å²) in [4.78, 5) is 26.8. The molecule has 0 unspecified atom stereocenters. The van der Waals surface area contributed by atoms with Crippen LogP contribution in [0.15, 0.2) is 36.5 Å². The Morgan fingerprint density at radius 2 is 1.91 bits per heavy atom. The maximum atomic E-state index is 12.4. The third-order valence-electron chi connectivity index (χ3n) is 7.45. The van der Waals surface area contributed by atoms with Gasteiger partial charge in [0.2, 0.25) is 11.9 Å². The minimum absolute atomic E-state index is 0.202. The van der Waals surface area contributed by atoms with Gasteiger partial charge in [-0.3, -0.25) is 9.69 Å². The number of carbonyl (C=O) groups excluding carboxylic acids is 1. The summed E-state index contributed by atoms with van der Waals surface area (Å²) in [5.41, 5.74) is 2.37. The van der Waals surface area contributed by atoms with Crippen molar-refractivity contribution < 1.29 is 9.53 Å². The summed E-state index contributed by atoms with van der Waals surface area (Å²) in [6.45, 7) is 2.88. The number of likely N-dealkylation sites (tertiary alicyclic amines) is 1. The number of carbonyl (C=O) groups is 1. The van der Waals surface area contributed by atoms with Crippen molar-refractivity contribution in [2.45, 2.75) is 76.0 Å². The molecular formula is C26H35N5O2. The fraction of sp³-hybridized carbons (Fsp3) is 0.577. The molecule has 1 amide bonds. The molecule has 3 fully saturated rings. The summed E-state index contributed by atoms with van der Waals surface area (Å²) in [5, 5.41) is 3.35. The zero-order valence-electron chi connectivity index (χ0n) is 19.6. The van der Waals surface area contributed by atoms with Crippen LogP contribution in [0.25, 0.3) is 0 Å². The SMILES string of the molecule is COc1ccc(C[C@@H]2C[C@@H]3NC(=O)CCCC[C@H]3N2Cc2ccnc(N3CCCC3)n2)cc1. The predicted molar refractivity (Wildman–Crippen MR) is 128 cm³/mol. The summed E-state index contributed by atoms with van der Waals surface area (Å²) in [6.07, 6.45) is 10.1. The number of aromatic nitrogens is 2. The predicted octanol–water partition coefficient (Wildman–Crippen LogP) is 3.33. The van der Waals surface area contributed by atoms with Gasteiger partial charge in [0, 0.05) is 50.4 Å². The fourth-order valence-electron chi connectivity index (χ4n) is 5.74. The zero-order valence-corrected chi connectivity index (χ0v) is 19.6. The molecule has 3 aliphatic rings. The van der Waals surface area contributed by atoms with Gasteiger partial charge < -0.3 is 15.0 Å². The minimum Gasteiger partial charge on any atom is -0.497 e. The number of ether oxygens (including phenoxy) is 1. The molecule has 0 aliphatic carbocycles. The molecule has 7 nitrogen and oxygen atoms in total. The van der Waals surface area contributed by atoms with Gasteiger partial charge in [-0.15, -0.1) is 0 Å². The summed E-state index contributed by atoms with van der Waals surface area (Å²) in [7, 11) is 1.70. The number of rotatable bonds is 6. The number of hydrogen-bond acceptors (Lipinski definition) is 6. The van der Waals surface area contributed by atoms with Crippen molar-refractivity contribution in [3.05, 3.63) is 47.8 Å². The molecule has 33 heavy (non-hydrogen) atoms. The Labute approximate surface area is 196 Å². The first-order valence-corrected chi connectivity index (χ1v) is 12.4. The summed E-state index contributed by atoms with van der Waals surface area (Å²) < 4.78 is 5.33. The lowest BCUT2D eigenvalue weighted by molar-refractivity contribution is -0.122. The monoisotopic (exact) mass is 449 g/mol. The highest BCUT2D eigenvalue weighted by atomic mass is 16.5. The lowest BCUT2D eigenvalue weighted by Crippen LogP contribution is -2.46. The Hall–Kier alpha value is -2.67. The van der Waals surface area contributed by atoms with Crippen LogP contribution in [-0.4, -0.2) is 59.1 Å². The number of fused-ring (bicyclic) bond motifs is 1. The van der Waals surface area contributed by atoms with E-state index in [4.69, 9.17) is 9.72 Å². The Bertz CT molecular complexity index is 944. The molecule has 0 bridgehead atoms. The van der Waals surface area contributed by atoms with Crippen molar-refractivity contribution >= 4 is 11.9 Å². The molecule has 0 radical (unpaired) electrons. The van der Waals surface area contributed by atoms with E-state index >= 15 is 0 Å². The first-order valence-electron chi connectivity index (χ1n) is 12.4. The molecule has 4 heterocycles. The number of anilines is 1. The van der Waals surface area contributed by atoms with Gasteiger partial charge in [0.15, 0.2) is 0 Å². The van der Waals surface area contributed by atoms with Crippen molar-refractivity contribution in [3.8, 4) is 5.75 Å². The summed E-state index contributed by atoms with van der Waals surface area (Å²) in [6, 6.07) is 11.4. The molecule has 3 saturated heterocycles. The van der Waals surface area contributed by atoms with Gasteiger partial charge >= 0.3 is 0 Å². The highest BCUT2D eigenvalue weighted by Crippen LogP contribution is 2.33. The van der Waals surface area contributed by atoms with Gasteiger partial charge in [-0.05, 0) is 62.3 Å². The minimum atomic E-state index is 0.202. The molecule has 1 N–H and O–H groups in total. The van der Waals surface area contributed by atoms with Crippen LogP contribution in [0.3, 0.4) is 0 Å². The zero-order chi connectivity index (χ0) is 22.6. The van der Waals surface area contributed by atoms with Crippen LogP contribution in [0.5, 0.6) is 5.75 Å². The van der Waals surface area contributed by atoms with Crippen LogP contribution in [0.1, 0.15) is 56.2 Å². The number of benzene rings is 1. The highest BCUT2D eigenvalue weighted by molar-refractivity contribution is 5.76. The average Bonchev–Trinajstić information content (AvgIpc) is 3.46. The van der Waals surface area contributed by atoms with Crippen molar-refractivity contribution in [2.24, 2.45) is 0 Å². The third-order valence-corrected chi connectivity index (χ3v) is 7.45. The molecule has 3 atom stereocenters. The van der Waals surface area contributed by atoms with Gasteiger partial charge in [0.25, 0.3) is 0 Å². The van der Waals surface area contributed by atoms with Crippen LogP contribution < -0.4 is 15.0 Å². The van der Waals surface area contributed by atoms with E-state index in [1.807, 2.05) is 18.3 Å². The Morgan fingerprint density at radius 3 is 2.70 bits per heavy atom. The Kier molecular flexibility index (Phi) is 6.76. The summed E-state index contributed by atoms with van der Waals surface area (Å²) >= 11 is 0. The van der Waals surface area contributed by atoms with Crippen LogP contribution in [0.4, 0.5) is 5.95 Å². The first-order chi connectivity index (χ1) is 16.2. The van der Waals surface area contributed by atoms with E-state index in [-0.39, 0.29) is 11.9 Å². The fourth-order valence-corrected chi connectivity index (χ4v) is 5.74. The van der Waals surface area contributed by atoms with Crippen molar-refractivity contribution in [2.75, 3.05) is 25.1 Å². The van der Waals surface area contributed by atoms with E-state index in [9.17, 15) is 4.79 Å². The molecule has 2 aromatic rings. The molecule has 7 heteroatoms. The van der Waals surface area contributed by atoms with E-state index in [0.29, 0.717) is 18.5 Å². The van der Waals surface area contributed by atoms with Gasteiger partial charge in [0.05, 0.1) is 12.8 Å². The smallest absolute Gasteiger partial charge is 0.225 e. The standard InChI is InChI=1S/C26H35N5O2/c1-33-22-10-8-19(9-11-22)16-21-17-23-24(6-2-3-7-25(32)29-23)31(21)18-20-12-13-27-26(28-20)30-14-4-5-15-30/h8-13,21,23-24H,2-7,14-18H2,1H3,(H,29,32)/t21-,23+,24-/m1/s1. The first kappa shape index (κ1) is 22.1. The van der Waals surface area contributed by atoms with Crippen LogP contribution >= 0.6 is 0 Å².